The van der Waals surface area contributed by atoms with E-state index >= 15 is 4.39 Å². The van der Waals surface area contributed by atoms with Crippen LogP contribution in [0.1, 0.15) is 24.4 Å². The van der Waals surface area contributed by atoms with Crippen molar-refractivity contribution in [1.82, 2.24) is 25.1 Å². The Kier molecular flexibility index (Phi) is 6.69. The van der Waals surface area contributed by atoms with Gasteiger partial charge in [-0.05, 0) is 56.3 Å². The number of halogens is 3. The lowest BCUT2D eigenvalue weighted by molar-refractivity contribution is 0.343. The highest BCUT2D eigenvalue weighted by molar-refractivity contribution is 7.90. The lowest BCUT2D eigenvalue weighted by Crippen LogP contribution is -2.29. The second-order valence-electron chi connectivity index (χ2n) is 8.77. The Morgan fingerprint density at radius 3 is 2.59 bits per heavy atom. The fraction of sp³-hybridized carbons (Fsp3) is 0.240. The smallest absolute Gasteiger partial charge is 0.220 e. The summed E-state index contributed by atoms with van der Waals surface area (Å²) >= 11 is 0. The van der Waals surface area contributed by atoms with Gasteiger partial charge in [0.25, 0.3) is 0 Å². The lowest BCUT2D eigenvalue weighted by atomic mass is 10.0. The Morgan fingerprint density at radius 1 is 1.05 bits per heavy atom. The Bertz CT molecular complexity index is 1570. The summed E-state index contributed by atoms with van der Waals surface area (Å²) in [5.41, 5.74) is 6.82. The van der Waals surface area contributed by atoms with Gasteiger partial charge in [-0.3, -0.25) is 4.68 Å². The minimum atomic E-state index is -4.39. The fourth-order valence-corrected chi connectivity index (χ4v) is 5.88. The van der Waals surface area contributed by atoms with Gasteiger partial charge >= 0.3 is 0 Å². The molecule has 0 aliphatic carbocycles. The first-order chi connectivity index (χ1) is 17.7. The second-order valence-corrected chi connectivity index (χ2v) is 10.7. The number of nitrogens with two attached hydrogens (primary N) is 1. The van der Waals surface area contributed by atoms with Gasteiger partial charge in [0.1, 0.15) is 28.0 Å². The first kappa shape index (κ1) is 24.9. The molecule has 1 aliphatic rings. The third kappa shape index (κ3) is 5.07. The molecule has 0 bridgehead atoms. The van der Waals surface area contributed by atoms with Crippen LogP contribution in [-0.2, 0) is 15.6 Å². The minimum absolute atomic E-state index is 0.0375. The molecule has 0 saturated carbocycles. The van der Waals surface area contributed by atoms with Gasteiger partial charge in [0.2, 0.25) is 5.95 Å². The first-order valence-electron chi connectivity index (χ1n) is 11.6. The number of piperidine rings is 1. The Morgan fingerprint density at radius 2 is 1.84 bits per heavy atom. The number of nitrogens with one attached hydrogen (secondary N) is 1. The van der Waals surface area contributed by atoms with E-state index in [0.29, 0.717) is 17.3 Å². The van der Waals surface area contributed by atoms with Gasteiger partial charge in [-0.2, -0.15) is 5.10 Å². The van der Waals surface area contributed by atoms with Crippen LogP contribution in [0.15, 0.2) is 59.8 Å². The molecule has 192 valence electrons. The summed E-state index contributed by atoms with van der Waals surface area (Å²) < 4.78 is 71.2. The average Bonchev–Trinajstić information content (AvgIpc) is 3.32. The van der Waals surface area contributed by atoms with Gasteiger partial charge in [-0.15, -0.1) is 0 Å². The number of hydrogen-bond donors (Lipinski definition) is 2. The van der Waals surface area contributed by atoms with E-state index in [2.05, 4.69) is 20.4 Å². The Hall–Kier alpha value is -3.77. The van der Waals surface area contributed by atoms with Gasteiger partial charge in [-0.1, -0.05) is 12.1 Å². The maximum Gasteiger partial charge on any atom is 0.220 e. The van der Waals surface area contributed by atoms with Crippen LogP contribution in [-0.4, -0.2) is 41.3 Å². The van der Waals surface area contributed by atoms with E-state index in [1.165, 1.54) is 24.4 Å². The first-order valence-corrected chi connectivity index (χ1v) is 13.2. The van der Waals surface area contributed by atoms with Crippen molar-refractivity contribution in [3.05, 3.63) is 77.9 Å². The number of hydrogen-bond acceptors (Lipinski definition) is 7. The molecule has 0 spiro atoms. The SMILES string of the molecule is Nc1nccc(-c2cn(C3CCNCC3)nc2-c2cccc(CS(=O)(=O)c3cc(F)ccc3F)c2F)n1. The zero-order valence-corrected chi connectivity index (χ0v) is 20.4. The van der Waals surface area contributed by atoms with Crippen molar-refractivity contribution in [2.75, 3.05) is 18.8 Å². The van der Waals surface area contributed by atoms with E-state index in [9.17, 15) is 17.2 Å². The minimum Gasteiger partial charge on any atom is -0.368 e. The molecule has 1 aliphatic heterocycles. The van der Waals surface area contributed by atoms with E-state index in [1.54, 1.807) is 16.9 Å². The van der Waals surface area contributed by atoms with Gasteiger partial charge in [-0.25, -0.2) is 31.6 Å². The highest BCUT2D eigenvalue weighted by Gasteiger charge is 2.26. The lowest BCUT2D eigenvalue weighted by Gasteiger charge is -2.22. The van der Waals surface area contributed by atoms with Crippen LogP contribution >= 0.6 is 0 Å². The van der Waals surface area contributed by atoms with Crippen molar-refractivity contribution in [1.29, 1.82) is 0 Å². The highest BCUT2D eigenvalue weighted by Crippen LogP contribution is 2.35. The van der Waals surface area contributed by atoms with Crippen molar-refractivity contribution in [2.45, 2.75) is 29.5 Å². The summed E-state index contributed by atoms with van der Waals surface area (Å²) in [6, 6.07) is 8.10. The van der Waals surface area contributed by atoms with Crippen molar-refractivity contribution >= 4 is 15.8 Å². The third-order valence-corrected chi connectivity index (χ3v) is 7.95. The quantitative estimate of drug-likeness (QED) is 0.390. The van der Waals surface area contributed by atoms with Crippen molar-refractivity contribution in [3.63, 3.8) is 0 Å². The standard InChI is InChI=1S/C25H23F3N6O2S/c26-16-4-5-20(27)22(12-16)37(35,36)14-15-2-1-3-18(23(15)28)24-19(21-8-11-31-25(29)32-21)13-34(33-24)17-6-9-30-10-7-17/h1-5,8,11-13,17,30H,6-7,9-10,14H2,(H2,29,31,32). The number of benzene rings is 2. The summed E-state index contributed by atoms with van der Waals surface area (Å²) in [6.45, 7) is 1.63. The number of nitrogen functional groups attached to an aromatic ring is 1. The highest BCUT2D eigenvalue weighted by atomic mass is 32.2. The second kappa shape index (κ2) is 9.94. The molecule has 2 aromatic carbocycles. The van der Waals surface area contributed by atoms with Crippen LogP contribution in [0.4, 0.5) is 19.1 Å². The summed E-state index contributed by atoms with van der Waals surface area (Å²) in [4.78, 5) is 7.35. The molecule has 4 aromatic rings. The summed E-state index contributed by atoms with van der Waals surface area (Å²) in [5.74, 6) is -3.68. The van der Waals surface area contributed by atoms with Crippen LogP contribution < -0.4 is 11.1 Å². The molecule has 1 fully saturated rings. The zero-order valence-electron chi connectivity index (χ0n) is 19.5. The molecule has 0 atom stereocenters. The molecule has 8 nitrogen and oxygen atoms in total. The number of anilines is 1. The van der Waals surface area contributed by atoms with Gasteiger partial charge in [0.15, 0.2) is 9.84 Å². The molecule has 37 heavy (non-hydrogen) atoms. The van der Waals surface area contributed by atoms with Crippen LogP contribution in [0.3, 0.4) is 0 Å². The molecule has 3 heterocycles. The van der Waals surface area contributed by atoms with E-state index in [4.69, 9.17) is 5.73 Å². The largest absolute Gasteiger partial charge is 0.368 e. The van der Waals surface area contributed by atoms with Crippen LogP contribution in [0.25, 0.3) is 22.5 Å². The molecule has 2 aromatic heterocycles. The van der Waals surface area contributed by atoms with Crippen LogP contribution in [0, 0.1) is 17.5 Å². The predicted octanol–water partition coefficient (Wildman–Crippen LogP) is 3.91. The monoisotopic (exact) mass is 528 g/mol. The van der Waals surface area contributed by atoms with Gasteiger partial charge in [0.05, 0.1) is 17.5 Å². The molecule has 1 saturated heterocycles. The fourth-order valence-electron chi connectivity index (χ4n) is 4.43. The Labute approximate surface area is 211 Å². The summed E-state index contributed by atoms with van der Waals surface area (Å²) in [7, 11) is -4.39. The average molecular weight is 529 g/mol. The molecule has 12 heteroatoms. The number of sulfone groups is 1. The maximum absolute atomic E-state index is 15.9. The number of aromatic nitrogens is 4. The molecular formula is C25H23F3N6O2S. The molecule has 0 amide bonds. The van der Waals surface area contributed by atoms with Crippen LogP contribution in [0.5, 0.6) is 0 Å². The van der Waals surface area contributed by atoms with Crippen molar-refractivity contribution < 1.29 is 21.6 Å². The van der Waals surface area contributed by atoms with Gasteiger partial charge < -0.3 is 11.1 Å². The summed E-state index contributed by atoms with van der Waals surface area (Å²) in [5, 5.41) is 7.97. The topological polar surface area (TPSA) is 116 Å². The van der Waals surface area contributed by atoms with Crippen LogP contribution in [0.2, 0.25) is 0 Å². The van der Waals surface area contributed by atoms with E-state index in [-0.39, 0.29) is 28.8 Å². The molecule has 0 radical (unpaired) electrons. The normalized spacial score (nSPS) is 14.7. The maximum atomic E-state index is 15.9. The van der Waals surface area contributed by atoms with Crippen molar-refractivity contribution in [2.24, 2.45) is 0 Å². The van der Waals surface area contributed by atoms with Crippen molar-refractivity contribution in [3.8, 4) is 22.5 Å². The van der Waals surface area contributed by atoms with E-state index in [0.717, 1.165) is 38.1 Å². The van der Waals surface area contributed by atoms with Gasteiger partial charge in [0, 0.05) is 29.1 Å². The Balaban J connectivity index is 1.59. The van der Waals surface area contributed by atoms with E-state index < -0.39 is 37.9 Å². The molecule has 0 unspecified atom stereocenters. The summed E-state index contributed by atoms with van der Waals surface area (Å²) in [6.07, 6.45) is 4.91. The molecule has 3 N–H and O–H groups in total. The predicted molar refractivity (Wildman–Crippen MR) is 131 cm³/mol. The molecular weight excluding hydrogens is 505 g/mol. The third-order valence-electron chi connectivity index (χ3n) is 6.27. The zero-order chi connectivity index (χ0) is 26.2. The molecule has 5 rings (SSSR count). The number of rotatable bonds is 6. The number of nitrogens with zero attached hydrogens (tertiary/aromatic N) is 4. The van der Waals surface area contributed by atoms with E-state index in [1.807, 2.05) is 0 Å².